The largest absolute Gasteiger partial charge is 0.497 e. The van der Waals surface area contributed by atoms with E-state index in [0.29, 0.717) is 19.8 Å². The SMILES string of the molecule is COc1ccc(CN[C@H]2[C@H]3COC[C@H]3N(C(=O)OC(C)(C)C)[C@H]2CO)cc1. The molecule has 0 aromatic heterocycles. The van der Waals surface area contributed by atoms with Crippen molar-refractivity contribution >= 4 is 6.09 Å². The topological polar surface area (TPSA) is 80.3 Å². The van der Waals surface area contributed by atoms with Crippen LogP contribution in [-0.4, -0.2) is 66.8 Å². The number of nitrogens with one attached hydrogen (secondary N) is 1. The molecule has 27 heavy (non-hydrogen) atoms. The van der Waals surface area contributed by atoms with Gasteiger partial charge in [-0.05, 0) is 38.5 Å². The summed E-state index contributed by atoms with van der Waals surface area (Å²) in [6, 6.07) is 7.37. The molecule has 0 bridgehead atoms. The Kier molecular flexibility index (Phi) is 5.93. The van der Waals surface area contributed by atoms with Gasteiger partial charge in [0.15, 0.2) is 0 Å². The number of hydrogen-bond acceptors (Lipinski definition) is 6. The molecule has 0 radical (unpaired) electrons. The summed E-state index contributed by atoms with van der Waals surface area (Å²) in [7, 11) is 1.64. The molecule has 0 unspecified atom stereocenters. The highest BCUT2D eigenvalue weighted by molar-refractivity contribution is 5.70. The van der Waals surface area contributed by atoms with Crippen LogP contribution in [0.5, 0.6) is 5.75 Å². The molecule has 1 amide bonds. The van der Waals surface area contributed by atoms with Crippen LogP contribution in [0.2, 0.25) is 0 Å². The summed E-state index contributed by atoms with van der Waals surface area (Å²) in [5, 5.41) is 13.6. The highest BCUT2D eigenvalue weighted by Gasteiger charge is 2.54. The number of fused-ring (bicyclic) bond motifs is 1. The van der Waals surface area contributed by atoms with Crippen LogP contribution in [-0.2, 0) is 16.0 Å². The second-order valence-corrected chi connectivity index (χ2v) is 8.16. The summed E-state index contributed by atoms with van der Waals surface area (Å²) in [5.41, 5.74) is 0.527. The highest BCUT2D eigenvalue weighted by Crippen LogP contribution is 2.36. The van der Waals surface area contributed by atoms with E-state index in [1.54, 1.807) is 12.0 Å². The highest BCUT2D eigenvalue weighted by atomic mass is 16.6. The van der Waals surface area contributed by atoms with Gasteiger partial charge in [0.25, 0.3) is 0 Å². The smallest absolute Gasteiger partial charge is 0.411 e. The molecule has 150 valence electrons. The van der Waals surface area contributed by atoms with Crippen LogP contribution in [0.4, 0.5) is 4.79 Å². The van der Waals surface area contributed by atoms with E-state index in [2.05, 4.69) is 5.32 Å². The van der Waals surface area contributed by atoms with Gasteiger partial charge in [0.05, 0.1) is 39.0 Å². The van der Waals surface area contributed by atoms with Crippen LogP contribution in [0.15, 0.2) is 24.3 Å². The number of hydrogen-bond donors (Lipinski definition) is 2. The van der Waals surface area contributed by atoms with Crippen LogP contribution in [0.25, 0.3) is 0 Å². The van der Waals surface area contributed by atoms with Gasteiger partial charge in [0, 0.05) is 18.5 Å². The molecular formula is C20H30N2O5. The monoisotopic (exact) mass is 378 g/mol. The average Bonchev–Trinajstić information content (AvgIpc) is 3.18. The van der Waals surface area contributed by atoms with Gasteiger partial charge in [-0.2, -0.15) is 0 Å². The molecule has 7 nitrogen and oxygen atoms in total. The number of benzene rings is 1. The Labute approximate surface area is 160 Å². The van der Waals surface area contributed by atoms with Crippen molar-refractivity contribution in [3.63, 3.8) is 0 Å². The van der Waals surface area contributed by atoms with Crippen molar-refractivity contribution in [1.82, 2.24) is 10.2 Å². The van der Waals surface area contributed by atoms with Gasteiger partial charge in [-0.3, -0.25) is 4.90 Å². The zero-order valence-corrected chi connectivity index (χ0v) is 16.5. The quantitative estimate of drug-likeness (QED) is 0.813. The van der Waals surface area contributed by atoms with Crippen molar-refractivity contribution in [3.8, 4) is 5.75 Å². The molecule has 0 spiro atoms. The van der Waals surface area contributed by atoms with Crippen molar-refractivity contribution < 1.29 is 24.1 Å². The molecule has 3 rings (SSSR count). The van der Waals surface area contributed by atoms with Gasteiger partial charge < -0.3 is 24.6 Å². The third-order valence-electron chi connectivity index (χ3n) is 5.18. The molecule has 2 N–H and O–H groups in total. The maximum absolute atomic E-state index is 12.8. The number of aliphatic hydroxyl groups is 1. The van der Waals surface area contributed by atoms with Crippen LogP contribution in [0.1, 0.15) is 26.3 Å². The van der Waals surface area contributed by atoms with Gasteiger partial charge in [-0.25, -0.2) is 4.79 Å². The molecule has 7 heteroatoms. The van der Waals surface area contributed by atoms with Crippen molar-refractivity contribution in [2.75, 3.05) is 26.9 Å². The lowest BCUT2D eigenvalue weighted by Crippen LogP contribution is -2.51. The Balaban J connectivity index is 1.72. The minimum absolute atomic E-state index is 0.0582. The number of carbonyl (C=O) groups is 1. The van der Waals surface area contributed by atoms with Gasteiger partial charge in [0.1, 0.15) is 11.4 Å². The van der Waals surface area contributed by atoms with Gasteiger partial charge in [-0.1, -0.05) is 12.1 Å². The molecule has 1 aromatic rings. The molecule has 4 atom stereocenters. The fraction of sp³-hybridized carbons (Fsp3) is 0.650. The molecule has 2 saturated heterocycles. The molecule has 2 aliphatic rings. The van der Waals surface area contributed by atoms with Crippen molar-refractivity contribution in [1.29, 1.82) is 0 Å². The Bertz CT molecular complexity index is 643. The second kappa shape index (κ2) is 8.04. The summed E-state index contributed by atoms with van der Waals surface area (Å²) in [6.07, 6.45) is -0.393. The normalized spacial score (nSPS) is 27.5. The van der Waals surface area contributed by atoms with Gasteiger partial charge >= 0.3 is 6.09 Å². The Morgan fingerprint density at radius 1 is 1.30 bits per heavy atom. The molecule has 2 heterocycles. The fourth-order valence-corrected chi connectivity index (χ4v) is 3.95. The molecule has 2 aliphatic heterocycles. The first kappa shape index (κ1) is 19.9. The maximum Gasteiger partial charge on any atom is 0.411 e. The summed E-state index contributed by atoms with van der Waals surface area (Å²) in [5.74, 6) is 0.945. The first-order valence-electron chi connectivity index (χ1n) is 9.40. The molecule has 2 fully saturated rings. The van der Waals surface area contributed by atoms with Crippen molar-refractivity contribution in [2.45, 2.75) is 51.0 Å². The van der Waals surface area contributed by atoms with Gasteiger partial charge in [0.2, 0.25) is 0 Å². The molecule has 0 saturated carbocycles. The Morgan fingerprint density at radius 3 is 2.59 bits per heavy atom. The zero-order valence-electron chi connectivity index (χ0n) is 16.5. The number of carbonyl (C=O) groups excluding carboxylic acids is 1. The van der Waals surface area contributed by atoms with Crippen molar-refractivity contribution in [2.24, 2.45) is 5.92 Å². The van der Waals surface area contributed by atoms with Crippen LogP contribution in [0, 0.1) is 5.92 Å². The number of ether oxygens (including phenoxy) is 3. The van der Waals surface area contributed by atoms with E-state index >= 15 is 0 Å². The van der Waals surface area contributed by atoms with Crippen LogP contribution < -0.4 is 10.1 Å². The third-order valence-corrected chi connectivity index (χ3v) is 5.18. The number of rotatable bonds is 5. The average molecular weight is 378 g/mol. The standard InChI is InChI=1S/C20H30N2O5/c1-20(2,3)27-19(24)22-16(10-23)18(15-11-26-12-17(15)22)21-9-13-5-7-14(25-4)8-6-13/h5-8,15-18,21,23H,9-12H2,1-4H3/t15-,16-,17+,18-/m0/s1. The fourth-order valence-electron chi connectivity index (χ4n) is 3.95. The Hall–Kier alpha value is -1.83. The lowest BCUT2D eigenvalue weighted by molar-refractivity contribution is 0.00249. The summed E-state index contributed by atoms with van der Waals surface area (Å²) in [4.78, 5) is 14.4. The maximum atomic E-state index is 12.8. The minimum atomic E-state index is -0.583. The number of aliphatic hydroxyl groups excluding tert-OH is 1. The first-order chi connectivity index (χ1) is 12.8. The van der Waals surface area contributed by atoms with E-state index in [9.17, 15) is 9.90 Å². The number of methoxy groups -OCH3 is 1. The zero-order chi connectivity index (χ0) is 19.6. The number of nitrogens with zero attached hydrogens (tertiary/aromatic N) is 1. The van der Waals surface area contributed by atoms with E-state index in [4.69, 9.17) is 14.2 Å². The second-order valence-electron chi connectivity index (χ2n) is 8.16. The molecular weight excluding hydrogens is 348 g/mol. The van der Waals surface area contributed by atoms with E-state index in [0.717, 1.165) is 11.3 Å². The lowest BCUT2D eigenvalue weighted by atomic mass is 9.96. The third kappa shape index (κ3) is 4.36. The van der Waals surface area contributed by atoms with E-state index in [1.807, 2.05) is 45.0 Å². The molecule has 0 aliphatic carbocycles. The summed E-state index contributed by atoms with van der Waals surface area (Å²) < 4.78 is 16.4. The van der Waals surface area contributed by atoms with Crippen molar-refractivity contribution in [3.05, 3.63) is 29.8 Å². The van der Waals surface area contributed by atoms with E-state index in [1.165, 1.54) is 0 Å². The van der Waals surface area contributed by atoms with E-state index < -0.39 is 11.7 Å². The molecule has 1 aromatic carbocycles. The minimum Gasteiger partial charge on any atom is -0.497 e. The van der Waals surface area contributed by atoms with Crippen LogP contribution >= 0.6 is 0 Å². The van der Waals surface area contributed by atoms with Gasteiger partial charge in [-0.15, -0.1) is 0 Å². The summed E-state index contributed by atoms with van der Waals surface area (Å²) >= 11 is 0. The van der Waals surface area contributed by atoms with E-state index in [-0.39, 0.29) is 30.7 Å². The predicted octanol–water partition coefficient (Wildman–Crippen LogP) is 1.78. The van der Waals surface area contributed by atoms with Crippen LogP contribution in [0.3, 0.4) is 0 Å². The first-order valence-corrected chi connectivity index (χ1v) is 9.40. The predicted molar refractivity (Wildman–Crippen MR) is 101 cm³/mol. The number of likely N-dealkylation sites (tertiary alicyclic amines) is 1. The summed E-state index contributed by atoms with van der Waals surface area (Å²) in [6.45, 7) is 7.09. The number of amides is 1. The Morgan fingerprint density at radius 2 is 2.00 bits per heavy atom. The lowest BCUT2D eigenvalue weighted by Gasteiger charge is -2.32.